The topological polar surface area (TPSA) is 75.7 Å². The maximum absolute atomic E-state index is 12.5. The number of hydrogen-bond acceptors (Lipinski definition) is 4. The number of anilines is 1. The number of carbonyl (C=O) groups excluding carboxylic acids is 1. The number of ether oxygens (including phenoxy) is 1. The summed E-state index contributed by atoms with van der Waals surface area (Å²) in [6.45, 7) is 2.67. The fraction of sp³-hybridized carbons (Fsp3) is 0.316. The summed E-state index contributed by atoms with van der Waals surface area (Å²) in [5.41, 5.74) is 0.470. The van der Waals surface area contributed by atoms with Crippen LogP contribution < -0.4 is 10.1 Å². The van der Waals surface area contributed by atoms with Crippen LogP contribution in [0.5, 0.6) is 5.75 Å². The summed E-state index contributed by atoms with van der Waals surface area (Å²) in [5.74, 6) is -0.0879. The molecule has 1 aliphatic rings. The maximum atomic E-state index is 12.5. The van der Waals surface area contributed by atoms with Gasteiger partial charge in [0.15, 0.2) is 6.10 Å². The van der Waals surface area contributed by atoms with Crippen LogP contribution in [0, 0.1) is 0 Å². The summed E-state index contributed by atoms with van der Waals surface area (Å²) in [6.07, 6.45) is 0.924. The van der Waals surface area contributed by atoms with Gasteiger partial charge in [0.1, 0.15) is 5.75 Å². The van der Waals surface area contributed by atoms with Gasteiger partial charge in [0.05, 0.1) is 9.92 Å². The standard InChI is InChI=1S/C19H20Cl2N2O4S/c1-13(27-18-12-14(20)4-9-17(18)21)19(24)22-15-5-7-16(8-6-15)28(25,26)23-10-2-3-11-23/h4-9,12-13H,2-3,10-11H2,1H3,(H,22,24). The van der Waals surface area contributed by atoms with Crippen molar-refractivity contribution in [3.05, 3.63) is 52.5 Å². The zero-order valence-electron chi connectivity index (χ0n) is 15.2. The third-order valence-corrected chi connectivity index (χ3v) is 6.85. The van der Waals surface area contributed by atoms with E-state index >= 15 is 0 Å². The Morgan fingerprint density at radius 3 is 2.39 bits per heavy atom. The van der Waals surface area contributed by atoms with Gasteiger partial charge in [-0.3, -0.25) is 4.79 Å². The van der Waals surface area contributed by atoms with E-state index in [1.54, 1.807) is 31.2 Å². The van der Waals surface area contributed by atoms with E-state index < -0.39 is 22.0 Å². The molecular weight excluding hydrogens is 423 g/mol. The molecule has 1 heterocycles. The predicted octanol–water partition coefficient (Wildman–Crippen LogP) is 4.18. The van der Waals surface area contributed by atoms with E-state index in [-0.39, 0.29) is 4.90 Å². The quantitative estimate of drug-likeness (QED) is 0.727. The average Bonchev–Trinajstić information content (AvgIpc) is 3.21. The molecule has 0 bridgehead atoms. The molecule has 1 saturated heterocycles. The number of amides is 1. The average molecular weight is 443 g/mol. The summed E-state index contributed by atoms with van der Waals surface area (Å²) in [6, 6.07) is 10.8. The lowest BCUT2D eigenvalue weighted by atomic mass is 10.3. The highest BCUT2D eigenvalue weighted by Crippen LogP contribution is 2.29. The Hall–Kier alpha value is -1.80. The highest BCUT2D eigenvalue weighted by Gasteiger charge is 2.27. The first kappa shape index (κ1) is 20.9. The number of carbonyl (C=O) groups is 1. The third kappa shape index (κ3) is 4.78. The van der Waals surface area contributed by atoms with Crippen molar-refractivity contribution in [3.63, 3.8) is 0 Å². The molecule has 1 fully saturated rings. The van der Waals surface area contributed by atoms with Crippen molar-refractivity contribution in [2.24, 2.45) is 0 Å². The minimum atomic E-state index is -3.48. The molecule has 9 heteroatoms. The van der Waals surface area contributed by atoms with Crippen LogP contribution in [-0.4, -0.2) is 37.8 Å². The van der Waals surface area contributed by atoms with E-state index in [1.165, 1.54) is 22.5 Å². The zero-order valence-corrected chi connectivity index (χ0v) is 17.5. The smallest absolute Gasteiger partial charge is 0.265 e. The second-order valence-electron chi connectivity index (χ2n) is 6.46. The number of nitrogens with zero attached hydrogens (tertiary/aromatic N) is 1. The molecule has 0 saturated carbocycles. The normalized spacial score (nSPS) is 16.0. The van der Waals surface area contributed by atoms with Gasteiger partial charge < -0.3 is 10.1 Å². The lowest BCUT2D eigenvalue weighted by Crippen LogP contribution is -2.30. The van der Waals surface area contributed by atoms with Gasteiger partial charge in [0, 0.05) is 29.9 Å². The number of hydrogen-bond donors (Lipinski definition) is 1. The van der Waals surface area contributed by atoms with Gasteiger partial charge in [0.2, 0.25) is 10.0 Å². The molecule has 6 nitrogen and oxygen atoms in total. The van der Waals surface area contributed by atoms with Gasteiger partial charge in [-0.2, -0.15) is 4.31 Å². The predicted molar refractivity (Wildman–Crippen MR) is 110 cm³/mol. The molecule has 150 valence electrons. The van der Waals surface area contributed by atoms with E-state index in [2.05, 4.69) is 5.32 Å². The molecule has 2 aromatic carbocycles. The monoisotopic (exact) mass is 442 g/mol. The minimum absolute atomic E-state index is 0.211. The summed E-state index contributed by atoms with van der Waals surface area (Å²) in [4.78, 5) is 12.6. The Balaban J connectivity index is 1.64. The summed E-state index contributed by atoms with van der Waals surface area (Å²) in [5, 5.41) is 3.49. The molecule has 1 aliphatic heterocycles. The number of nitrogens with one attached hydrogen (secondary N) is 1. The molecule has 0 spiro atoms. The van der Waals surface area contributed by atoms with E-state index in [4.69, 9.17) is 27.9 Å². The molecule has 2 aromatic rings. The van der Waals surface area contributed by atoms with Crippen LogP contribution >= 0.6 is 23.2 Å². The first-order valence-corrected chi connectivity index (χ1v) is 11.0. The molecule has 1 amide bonds. The van der Waals surface area contributed by atoms with Crippen LogP contribution in [-0.2, 0) is 14.8 Å². The SMILES string of the molecule is CC(Oc1cc(Cl)ccc1Cl)C(=O)Nc1ccc(S(=O)(=O)N2CCCC2)cc1. The molecule has 0 aromatic heterocycles. The van der Waals surface area contributed by atoms with E-state index in [1.807, 2.05) is 0 Å². The molecule has 0 radical (unpaired) electrons. The van der Waals surface area contributed by atoms with Gasteiger partial charge in [0.25, 0.3) is 5.91 Å². The second-order valence-corrected chi connectivity index (χ2v) is 9.24. The summed E-state index contributed by atoms with van der Waals surface area (Å²) >= 11 is 12.0. The second kappa shape index (κ2) is 8.69. The number of rotatable bonds is 6. The lowest BCUT2D eigenvalue weighted by Gasteiger charge is -2.17. The Labute approximate surface area is 174 Å². The van der Waals surface area contributed by atoms with Crippen molar-refractivity contribution in [2.45, 2.75) is 30.8 Å². The fourth-order valence-electron chi connectivity index (χ4n) is 2.84. The largest absolute Gasteiger partial charge is 0.479 e. The van der Waals surface area contributed by atoms with Crippen LogP contribution in [0.15, 0.2) is 47.4 Å². The Morgan fingerprint density at radius 1 is 1.11 bits per heavy atom. The highest BCUT2D eigenvalue weighted by atomic mass is 35.5. The van der Waals surface area contributed by atoms with E-state index in [0.717, 1.165) is 12.8 Å². The highest BCUT2D eigenvalue weighted by molar-refractivity contribution is 7.89. The van der Waals surface area contributed by atoms with Crippen molar-refractivity contribution in [3.8, 4) is 5.75 Å². The molecular formula is C19H20Cl2N2O4S. The van der Waals surface area contributed by atoms with Gasteiger partial charge >= 0.3 is 0 Å². The molecule has 1 atom stereocenters. The zero-order chi connectivity index (χ0) is 20.3. The van der Waals surface area contributed by atoms with Gasteiger partial charge in [-0.1, -0.05) is 23.2 Å². The van der Waals surface area contributed by atoms with Crippen LogP contribution in [0.25, 0.3) is 0 Å². The van der Waals surface area contributed by atoms with Crippen LogP contribution in [0.4, 0.5) is 5.69 Å². The van der Waals surface area contributed by atoms with E-state index in [9.17, 15) is 13.2 Å². The Kier molecular flexibility index (Phi) is 6.50. The molecule has 28 heavy (non-hydrogen) atoms. The van der Waals surface area contributed by atoms with Crippen molar-refractivity contribution in [1.29, 1.82) is 0 Å². The fourth-order valence-corrected chi connectivity index (χ4v) is 4.68. The Morgan fingerprint density at radius 2 is 1.75 bits per heavy atom. The maximum Gasteiger partial charge on any atom is 0.265 e. The van der Waals surface area contributed by atoms with E-state index in [0.29, 0.717) is 34.6 Å². The molecule has 1 N–H and O–H groups in total. The lowest BCUT2D eigenvalue weighted by molar-refractivity contribution is -0.122. The first-order valence-electron chi connectivity index (χ1n) is 8.80. The number of sulfonamides is 1. The number of benzene rings is 2. The minimum Gasteiger partial charge on any atom is -0.479 e. The molecule has 0 aliphatic carbocycles. The van der Waals surface area contributed by atoms with Crippen molar-refractivity contribution >= 4 is 44.8 Å². The van der Waals surface area contributed by atoms with Crippen LogP contribution in [0.1, 0.15) is 19.8 Å². The van der Waals surface area contributed by atoms with Gasteiger partial charge in [-0.05, 0) is 56.2 Å². The third-order valence-electron chi connectivity index (χ3n) is 4.39. The summed E-state index contributed by atoms with van der Waals surface area (Å²) in [7, 11) is -3.48. The molecule has 3 rings (SSSR count). The summed E-state index contributed by atoms with van der Waals surface area (Å²) < 4.78 is 32.1. The van der Waals surface area contributed by atoms with Crippen molar-refractivity contribution in [1.82, 2.24) is 4.31 Å². The first-order chi connectivity index (χ1) is 13.3. The Bertz CT molecular complexity index is 958. The van der Waals surface area contributed by atoms with Crippen LogP contribution in [0.2, 0.25) is 10.0 Å². The molecule has 1 unspecified atom stereocenters. The van der Waals surface area contributed by atoms with Gasteiger partial charge in [-0.15, -0.1) is 0 Å². The van der Waals surface area contributed by atoms with Gasteiger partial charge in [-0.25, -0.2) is 8.42 Å². The van der Waals surface area contributed by atoms with Crippen molar-refractivity contribution < 1.29 is 17.9 Å². The number of halogens is 2. The van der Waals surface area contributed by atoms with Crippen molar-refractivity contribution in [2.75, 3.05) is 18.4 Å². The van der Waals surface area contributed by atoms with Crippen LogP contribution in [0.3, 0.4) is 0 Å².